The molecule has 0 heterocycles. The summed E-state index contributed by atoms with van der Waals surface area (Å²) >= 11 is 0. The molecule has 7 heteroatoms. The van der Waals surface area contributed by atoms with Gasteiger partial charge in [-0.25, -0.2) is 4.39 Å². The number of hydrogen-bond donors (Lipinski definition) is 2. The van der Waals surface area contributed by atoms with Crippen LogP contribution in [0.1, 0.15) is 12.0 Å². The van der Waals surface area contributed by atoms with Crippen LogP contribution in [0.3, 0.4) is 0 Å². The average Bonchev–Trinajstić information content (AvgIpc) is 2.53. The maximum Gasteiger partial charge on any atom is 0.292 e. The fourth-order valence-corrected chi connectivity index (χ4v) is 2.03. The molecule has 2 aromatic carbocycles. The van der Waals surface area contributed by atoms with Crippen molar-refractivity contribution >= 4 is 17.3 Å². The second-order valence-electron chi connectivity index (χ2n) is 4.86. The van der Waals surface area contributed by atoms with Gasteiger partial charge in [0.1, 0.15) is 11.5 Å². The predicted octanol–water partition coefficient (Wildman–Crippen LogP) is 2.85. The monoisotopic (exact) mass is 317 g/mol. The van der Waals surface area contributed by atoms with E-state index < -0.39 is 4.92 Å². The highest BCUT2D eigenvalue weighted by Gasteiger charge is 2.11. The van der Waals surface area contributed by atoms with Crippen molar-refractivity contribution in [2.45, 2.75) is 13.0 Å². The number of anilines is 1. The van der Waals surface area contributed by atoms with E-state index in [1.54, 1.807) is 30.3 Å². The molecule has 0 aliphatic heterocycles. The minimum Gasteiger partial charge on any atom is -0.379 e. The summed E-state index contributed by atoms with van der Waals surface area (Å²) in [6, 6.07) is 12.2. The number of amides is 1. The van der Waals surface area contributed by atoms with E-state index in [4.69, 9.17) is 0 Å². The van der Waals surface area contributed by atoms with Crippen LogP contribution < -0.4 is 10.6 Å². The minimum absolute atomic E-state index is 0.0346. The van der Waals surface area contributed by atoms with E-state index in [9.17, 15) is 19.3 Å². The molecule has 2 aromatic rings. The number of benzene rings is 2. The van der Waals surface area contributed by atoms with Crippen LogP contribution in [0.15, 0.2) is 48.5 Å². The standard InChI is InChI=1S/C16H16FN3O3/c17-13-5-3-4-12(10-13)11-19-16(21)8-9-18-14-6-1-2-7-15(14)20(22)23/h1-7,10,18H,8-9,11H2,(H,19,21). The molecule has 120 valence electrons. The Morgan fingerprint density at radius 1 is 1.17 bits per heavy atom. The number of nitro groups is 1. The zero-order valence-electron chi connectivity index (χ0n) is 12.3. The van der Waals surface area contributed by atoms with Gasteiger partial charge in [-0.2, -0.15) is 0 Å². The van der Waals surface area contributed by atoms with Crippen LogP contribution >= 0.6 is 0 Å². The summed E-state index contributed by atoms with van der Waals surface area (Å²) in [6.07, 6.45) is 0.154. The summed E-state index contributed by atoms with van der Waals surface area (Å²) in [5.41, 5.74) is 1.01. The molecule has 2 N–H and O–H groups in total. The predicted molar refractivity (Wildman–Crippen MR) is 84.4 cm³/mol. The lowest BCUT2D eigenvalue weighted by Gasteiger charge is -2.08. The highest BCUT2D eigenvalue weighted by Crippen LogP contribution is 2.22. The van der Waals surface area contributed by atoms with E-state index in [0.717, 1.165) is 0 Å². The Balaban J connectivity index is 1.78. The normalized spacial score (nSPS) is 10.1. The fourth-order valence-electron chi connectivity index (χ4n) is 2.03. The molecular formula is C16H16FN3O3. The van der Waals surface area contributed by atoms with Gasteiger partial charge in [-0.15, -0.1) is 0 Å². The van der Waals surface area contributed by atoms with E-state index >= 15 is 0 Å². The number of rotatable bonds is 7. The molecule has 0 saturated heterocycles. The van der Waals surface area contributed by atoms with Crippen molar-refractivity contribution in [1.29, 1.82) is 0 Å². The molecule has 6 nitrogen and oxygen atoms in total. The van der Waals surface area contributed by atoms with Gasteiger partial charge in [-0.3, -0.25) is 14.9 Å². The first kappa shape index (κ1) is 16.4. The van der Waals surface area contributed by atoms with Crippen molar-refractivity contribution in [3.05, 3.63) is 70.0 Å². The Kier molecular flexibility index (Phi) is 5.62. The highest BCUT2D eigenvalue weighted by molar-refractivity contribution is 5.76. The van der Waals surface area contributed by atoms with Crippen molar-refractivity contribution in [2.24, 2.45) is 0 Å². The summed E-state index contributed by atoms with van der Waals surface area (Å²) in [5, 5.41) is 16.4. The number of para-hydroxylation sites is 2. The molecule has 0 atom stereocenters. The van der Waals surface area contributed by atoms with E-state index in [-0.39, 0.29) is 36.9 Å². The summed E-state index contributed by atoms with van der Waals surface area (Å²) in [5.74, 6) is -0.574. The summed E-state index contributed by atoms with van der Waals surface area (Å²) in [7, 11) is 0. The van der Waals surface area contributed by atoms with Crippen LogP contribution in [0.4, 0.5) is 15.8 Å². The molecule has 0 aromatic heterocycles. The van der Waals surface area contributed by atoms with Crippen molar-refractivity contribution in [3.8, 4) is 0 Å². The maximum absolute atomic E-state index is 13.0. The summed E-state index contributed by atoms with van der Waals surface area (Å²) in [4.78, 5) is 22.1. The van der Waals surface area contributed by atoms with Crippen LogP contribution in [0, 0.1) is 15.9 Å². The highest BCUT2D eigenvalue weighted by atomic mass is 19.1. The van der Waals surface area contributed by atoms with Crippen molar-refractivity contribution < 1.29 is 14.1 Å². The molecule has 0 radical (unpaired) electrons. The molecule has 0 spiro atoms. The van der Waals surface area contributed by atoms with Crippen molar-refractivity contribution in [2.75, 3.05) is 11.9 Å². The number of hydrogen-bond acceptors (Lipinski definition) is 4. The Hall–Kier alpha value is -2.96. The van der Waals surface area contributed by atoms with Crippen molar-refractivity contribution in [1.82, 2.24) is 5.32 Å². The van der Waals surface area contributed by atoms with E-state index in [0.29, 0.717) is 11.3 Å². The Labute approximate surface area is 132 Å². The SMILES string of the molecule is O=C(CCNc1ccccc1[N+](=O)[O-])NCc1cccc(F)c1. The Bertz CT molecular complexity index is 706. The lowest BCUT2D eigenvalue weighted by molar-refractivity contribution is -0.384. The second-order valence-corrected chi connectivity index (χ2v) is 4.86. The second kappa shape index (κ2) is 7.88. The lowest BCUT2D eigenvalue weighted by atomic mass is 10.2. The zero-order valence-corrected chi connectivity index (χ0v) is 12.3. The van der Waals surface area contributed by atoms with Gasteiger partial charge in [-0.1, -0.05) is 24.3 Å². The topological polar surface area (TPSA) is 84.3 Å². The van der Waals surface area contributed by atoms with Gasteiger partial charge in [0.25, 0.3) is 5.69 Å². The quantitative estimate of drug-likeness (QED) is 0.607. The Morgan fingerprint density at radius 3 is 2.70 bits per heavy atom. The first-order chi connectivity index (χ1) is 11.1. The maximum atomic E-state index is 13.0. The van der Waals surface area contributed by atoms with Crippen LogP contribution in [0.25, 0.3) is 0 Å². The number of halogens is 1. The molecule has 0 saturated carbocycles. The van der Waals surface area contributed by atoms with Gasteiger partial charge in [-0.05, 0) is 23.8 Å². The number of nitrogens with one attached hydrogen (secondary N) is 2. The molecule has 1 amide bonds. The number of carbonyl (C=O) groups excluding carboxylic acids is 1. The zero-order chi connectivity index (χ0) is 16.7. The van der Waals surface area contributed by atoms with E-state index in [1.807, 2.05) is 0 Å². The first-order valence-electron chi connectivity index (χ1n) is 7.04. The van der Waals surface area contributed by atoms with Crippen LogP contribution in [0.5, 0.6) is 0 Å². The fraction of sp³-hybridized carbons (Fsp3) is 0.188. The molecule has 0 unspecified atom stereocenters. The smallest absolute Gasteiger partial charge is 0.292 e. The Morgan fingerprint density at radius 2 is 1.96 bits per heavy atom. The largest absolute Gasteiger partial charge is 0.379 e. The van der Waals surface area contributed by atoms with Gasteiger partial charge in [0, 0.05) is 25.6 Å². The molecule has 0 aliphatic rings. The third kappa shape index (κ3) is 5.06. The van der Waals surface area contributed by atoms with Gasteiger partial charge in [0.15, 0.2) is 0 Å². The molecule has 0 fully saturated rings. The first-order valence-corrected chi connectivity index (χ1v) is 7.04. The van der Waals surface area contributed by atoms with E-state index in [1.165, 1.54) is 18.2 Å². The number of carbonyl (C=O) groups is 1. The molecular weight excluding hydrogens is 301 g/mol. The van der Waals surface area contributed by atoms with Crippen LogP contribution in [0.2, 0.25) is 0 Å². The summed E-state index contributed by atoms with van der Waals surface area (Å²) in [6.45, 7) is 0.502. The van der Waals surface area contributed by atoms with Gasteiger partial charge < -0.3 is 10.6 Å². The molecule has 0 aliphatic carbocycles. The third-order valence-electron chi connectivity index (χ3n) is 3.15. The number of nitrogens with zero attached hydrogens (tertiary/aromatic N) is 1. The third-order valence-corrected chi connectivity index (χ3v) is 3.15. The lowest BCUT2D eigenvalue weighted by Crippen LogP contribution is -2.25. The van der Waals surface area contributed by atoms with Crippen LogP contribution in [-0.4, -0.2) is 17.4 Å². The van der Waals surface area contributed by atoms with Gasteiger partial charge in [0.2, 0.25) is 5.91 Å². The summed E-state index contributed by atoms with van der Waals surface area (Å²) < 4.78 is 13.0. The van der Waals surface area contributed by atoms with Gasteiger partial charge in [0.05, 0.1) is 4.92 Å². The molecule has 0 bridgehead atoms. The van der Waals surface area contributed by atoms with Crippen molar-refractivity contribution in [3.63, 3.8) is 0 Å². The average molecular weight is 317 g/mol. The minimum atomic E-state index is -0.480. The molecule has 23 heavy (non-hydrogen) atoms. The van der Waals surface area contributed by atoms with E-state index in [2.05, 4.69) is 10.6 Å². The van der Waals surface area contributed by atoms with Crippen LogP contribution in [-0.2, 0) is 11.3 Å². The number of nitro benzene ring substituents is 1. The van der Waals surface area contributed by atoms with Gasteiger partial charge >= 0.3 is 0 Å². The molecule has 2 rings (SSSR count).